The fourth-order valence-electron chi connectivity index (χ4n) is 10.9. The van der Waals surface area contributed by atoms with Gasteiger partial charge >= 0.3 is 0 Å². The summed E-state index contributed by atoms with van der Waals surface area (Å²) in [6.45, 7) is 6.05. The number of allylic oxidation sites excluding steroid dienone is 1. The fraction of sp³-hybridized carbons (Fsp3) is 0.0145. The monoisotopic (exact) mass is 920 g/mol. The average Bonchev–Trinajstić information content (AvgIpc) is 3.98. The molecule has 2 heterocycles. The zero-order chi connectivity index (χ0) is 48.1. The molecule has 0 bridgehead atoms. The maximum atomic E-state index is 6.34. The van der Waals surface area contributed by atoms with E-state index in [1.165, 1.54) is 60.0 Å². The van der Waals surface area contributed by atoms with Gasteiger partial charge in [-0.1, -0.05) is 176 Å². The average molecular weight is 921 g/mol. The zero-order valence-electron chi connectivity index (χ0n) is 39.8. The summed E-state index contributed by atoms with van der Waals surface area (Å²) in [4.78, 5) is 2.38. The maximum absolute atomic E-state index is 6.34. The van der Waals surface area contributed by atoms with Crippen LogP contribution in [0.15, 0.2) is 260 Å². The van der Waals surface area contributed by atoms with E-state index in [9.17, 15) is 0 Å². The molecule has 3 nitrogen and oxygen atoms in total. The Balaban J connectivity index is 0.899. The summed E-state index contributed by atoms with van der Waals surface area (Å²) >= 11 is 0. The number of rotatable bonds is 10. The van der Waals surface area contributed by atoms with Crippen LogP contribution in [0.25, 0.3) is 117 Å². The van der Waals surface area contributed by atoms with Crippen molar-refractivity contribution in [2.45, 2.75) is 6.92 Å². The standard InChI is InChI=1S/C69H48N2O/c1-3-17-63-64-39-36-51(45-69(64)72-68(63)4-2)50-22-14-24-55(41-50)70(56-25-16-23-52(43-56)65-44-53-18-5-6-27-58(53)59-28-7-8-29-60(59)65)54-37-34-46(35-38-54)47-19-13-20-48(40-47)49-21-15-26-57(42-49)71-66-32-11-9-30-61(66)62-31-10-12-33-67(62)71/h3-45H,2H2,1H3/b17-3-. The molecule has 0 aliphatic heterocycles. The molecule has 0 aliphatic rings. The first-order chi connectivity index (χ1) is 35.6. The van der Waals surface area contributed by atoms with Gasteiger partial charge in [-0.15, -0.1) is 0 Å². The number of nitrogens with zero attached hydrogens (tertiary/aromatic N) is 2. The van der Waals surface area contributed by atoms with E-state index < -0.39 is 0 Å². The SMILES string of the molecule is C=Cc1oc2cc(-c3cccc(N(c4ccc(-c5cccc(-c6cccc(-n7c8ccccc8c8ccccc87)c6)c5)cc4)c4cccc(-c5cc6ccccc6c6ccccc56)c4)c3)ccc2c1/C=C\C. The molecule has 0 fully saturated rings. The second kappa shape index (κ2) is 17.8. The molecule has 0 unspecified atom stereocenters. The smallest absolute Gasteiger partial charge is 0.136 e. The van der Waals surface area contributed by atoms with E-state index in [4.69, 9.17) is 4.42 Å². The second-order valence-corrected chi connectivity index (χ2v) is 18.5. The molecule has 3 heteroatoms. The quantitative estimate of drug-likeness (QED) is 0.127. The summed E-state index contributed by atoms with van der Waals surface area (Å²) in [5.74, 6) is 0.777. The molecule has 0 saturated carbocycles. The number of hydrogen-bond donors (Lipinski definition) is 0. The topological polar surface area (TPSA) is 21.3 Å². The van der Waals surface area contributed by atoms with Crippen LogP contribution in [-0.4, -0.2) is 4.57 Å². The van der Waals surface area contributed by atoms with Gasteiger partial charge in [-0.2, -0.15) is 0 Å². The van der Waals surface area contributed by atoms with Gasteiger partial charge in [0, 0.05) is 44.5 Å². The molecule has 13 rings (SSSR count). The van der Waals surface area contributed by atoms with Crippen molar-refractivity contribution >= 4 is 83.5 Å². The molecular weight excluding hydrogens is 873 g/mol. The van der Waals surface area contributed by atoms with Gasteiger partial charge in [0.05, 0.1) is 11.0 Å². The van der Waals surface area contributed by atoms with Crippen molar-refractivity contribution in [2.24, 2.45) is 0 Å². The Morgan fingerprint density at radius 3 is 1.65 bits per heavy atom. The molecule has 0 radical (unpaired) electrons. The Bertz CT molecular complexity index is 4210. The van der Waals surface area contributed by atoms with Crippen molar-refractivity contribution in [3.8, 4) is 50.2 Å². The Morgan fingerprint density at radius 1 is 0.403 bits per heavy atom. The van der Waals surface area contributed by atoms with Crippen molar-refractivity contribution in [1.82, 2.24) is 4.57 Å². The molecule has 2 aromatic heterocycles. The number of benzene rings is 11. The number of furan rings is 1. The first-order valence-electron chi connectivity index (χ1n) is 24.6. The Morgan fingerprint density at radius 2 is 0.944 bits per heavy atom. The largest absolute Gasteiger partial charge is 0.456 e. The Hall–Kier alpha value is -9.44. The van der Waals surface area contributed by atoms with Gasteiger partial charge in [-0.3, -0.25) is 0 Å². The Labute approximate surface area is 419 Å². The van der Waals surface area contributed by atoms with E-state index in [-0.39, 0.29) is 0 Å². The molecule has 0 saturated heterocycles. The minimum atomic E-state index is 0.777. The van der Waals surface area contributed by atoms with Gasteiger partial charge in [0.1, 0.15) is 11.3 Å². The number of anilines is 3. The van der Waals surface area contributed by atoms with Crippen molar-refractivity contribution in [2.75, 3.05) is 4.90 Å². The Kier molecular flexibility index (Phi) is 10.6. The first-order valence-corrected chi connectivity index (χ1v) is 24.6. The van der Waals surface area contributed by atoms with Crippen LogP contribution in [-0.2, 0) is 0 Å². The van der Waals surface area contributed by atoms with Gasteiger partial charge in [-0.05, 0) is 164 Å². The van der Waals surface area contributed by atoms with Crippen LogP contribution in [0, 0.1) is 0 Å². The number of aromatic nitrogens is 1. The van der Waals surface area contributed by atoms with E-state index >= 15 is 0 Å². The normalized spacial score (nSPS) is 11.7. The first kappa shape index (κ1) is 42.6. The van der Waals surface area contributed by atoms with E-state index in [2.05, 4.69) is 265 Å². The molecule has 0 atom stereocenters. The van der Waals surface area contributed by atoms with Crippen molar-refractivity contribution < 1.29 is 4.42 Å². The number of hydrogen-bond acceptors (Lipinski definition) is 2. The van der Waals surface area contributed by atoms with Gasteiger partial charge < -0.3 is 13.9 Å². The molecule has 0 amide bonds. The highest BCUT2D eigenvalue weighted by molar-refractivity contribution is 6.14. The minimum Gasteiger partial charge on any atom is -0.456 e. The van der Waals surface area contributed by atoms with E-state index in [0.717, 1.165) is 72.9 Å². The summed E-state index contributed by atoms with van der Waals surface area (Å²) in [6.07, 6.45) is 5.92. The van der Waals surface area contributed by atoms with Gasteiger partial charge in [0.25, 0.3) is 0 Å². The van der Waals surface area contributed by atoms with Crippen LogP contribution >= 0.6 is 0 Å². The highest BCUT2D eigenvalue weighted by atomic mass is 16.3. The van der Waals surface area contributed by atoms with E-state index in [1.807, 2.05) is 13.0 Å². The highest BCUT2D eigenvalue weighted by Crippen LogP contribution is 2.43. The third-order valence-corrected chi connectivity index (χ3v) is 14.2. The predicted octanol–water partition coefficient (Wildman–Crippen LogP) is 19.7. The number of para-hydroxylation sites is 2. The molecule has 0 aliphatic carbocycles. The van der Waals surface area contributed by atoms with Crippen LogP contribution in [0.5, 0.6) is 0 Å². The third-order valence-electron chi connectivity index (χ3n) is 14.2. The lowest BCUT2D eigenvalue weighted by Gasteiger charge is -2.27. The maximum Gasteiger partial charge on any atom is 0.136 e. The summed E-state index contributed by atoms with van der Waals surface area (Å²) in [6, 6.07) is 88.3. The molecular formula is C69H48N2O. The number of fused-ring (bicyclic) bond motifs is 7. The van der Waals surface area contributed by atoms with Crippen molar-refractivity contribution in [3.05, 3.63) is 267 Å². The molecule has 13 aromatic rings. The summed E-state index contributed by atoms with van der Waals surface area (Å²) in [7, 11) is 0. The van der Waals surface area contributed by atoms with Crippen molar-refractivity contribution in [1.29, 1.82) is 0 Å². The van der Waals surface area contributed by atoms with Gasteiger partial charge in [-0.25, -0.2) is 0 Å². The lowest BCUT2D eigenvalue weighted by atomic mass is 9.93. The van der Waals surface area contributed by atoms with Crippen LogP contribution in [0.1, 0.15) is 18.2 Å². The van der Waals surface area contributed by atoms with Gasteiger partial charge in [0.2, 0.25) is 0 Å². The zero-order valence-corrected chi connectivity index (χ0v) is 39.8. The molecule has 0 spiro atoms. The minimum absolute atomic E-state index is 0.777. The predicted molar refractivity (Wildman–Crippen MR) is 307 cm³/mol. The van der Waals surface area contributed by atoms with Gasteiger partial charge in [0.15, 0.2) is 0 Å². The lowest BCUT2D eigenvalue weighted by molar-refractivity contribution is 0.603. The fourth-order valence-corrected chi connectivity index (χ4v) is 10.9. The van der Waals surface area contributed by atoms with Crippen LogP contribution in [0.4, 0.5) is 17.1 Å². The van der Waals surface area contributed by atoms with E-state index in [1.54, 1.807) is 6.08 Å². The van der Waals surface area contributed by atoms with Crippen LogP contribution < -0.4 is 4.90 Å². The third kappa shape index (κ3) is 7.38. The van der Waals surface area contributed by atoms with Crippen LogP contribution in [0.2, 0.25) is 0 Å². The second-order valence-electron chi connectivity index (χ2n) is 18.5. The van der Waals surface area contributed by atoms with Crippen LogP contribution in [0.3, 0.4) is 0 Å². The molecule has 11 aromatic carbocycles. The molecule has 72 heavy (non-hydrogen) atoms. The summed E-state index contributed by atoms with van der Waals surface area (Å²) < 4.78 is 8.72. The lowest BCUT2D eigenvalue weighted by Crippen LogP contribution is -2.10. The summed E-state index contributed by atoms with van der Waals surface area (Å²) in [5.41, 5.74) is 17.8. The highest BCUT2D eigenvalue weighted by Gasteiger charge is 2.18. The van der Waals surface area contributed by atoms with Crippen molar-refractivity contribution in [3.63, 3.8) is 0 Å². The molecule has 0 N–H and O–H groups in total. The summed E-state index contributed by atoms with van der Waals surface area (Å²) in [5, 5.41) is 8.56. The molecule has 340 valence electrons. The van der Waals surface area contributed by atoms with E-state index in [0.29, 0.717) is 0 Å².